The van der Waals surface area contributed by atoms with Crippen molar-refractivity contribution in [3.05, 3.63) is 24.3 Å². The summed E-state index contributed by atoms with van der Waals surface area (Å²) in [5, 5.41) is 3.37. The first kappa shape index (κ1) is 15.8. The third-order valence-electron chi connectivity index (χ3n) is 3.19. The summed E-state index contributed by atoms with van der Waals surface area (Å²) in [5.74, 6) is 2.36. The minimum atomic E-state index is 0.585. The molecular weight excluding hydrogens is 238 g/mol. The number of ether oxygens (including phenoxy) is 2. The van der Waals surface area contributed by atoms with Crippen molar-refractivity contribution in [1.82, 2.24) is 5.32 Å². The van der Waals surface area contributed by atoms with Gasteiger partial charge in [0, 0.05) is 6.04 Å². The van der Waals surface area contributed by atoms with Crippen molar-refractivity contribution in [2.24, 2.45) is 5.92 Å². The average Bonchev–Trinajstić information content (AvgIpc) is 2.42. The second-order valence-electron chi connectivity index (χ2n) is 5.26. The summed E-state index contributed by atoms with van der Waals surface area (Å²) in [7, 11) is 3.70. The first-order valence-corrected chi connectivity index (χ1v) is 7.10. The number of hydrogen-bond acceptors (Lipinski definition) is 3. The van der Waals surface area contributed by atoms with E-state index in [-0.39, 0.29) is 0 Å². The van der Waals surface area contributed by atoms with Crippen LogP contribution in [0.15, 0.2) is 24.3 Å². The molecule has 0 spiro atoms. The number of para-hydroxylation sites is 2. The number of rotatable bonds is 9. The molecule has 19 heavy (non-hydrogen) atoms. The Labute approximate surface area is 117 Å². The Bertz CT molecular complexity index is 352. The van der Waals surface area contributed by atoms with E-state index < -0.39 is 0 Å². The molecule has 0 saturated heterocycles. The maximum Gasteiger partial charge on any atom is 0.161 e. The molecule has 1 rings (SSSR count). The quantitative estimate of drug-likeness (QED) is 0.693. The normalized spacial score (nSPS) is 12.5. The standard InChI is InChI=1S/C16H27NO2/c1-13(2)12-14(17-3)8-7-11-19-16-10-6-5-9-15(16)18-4/h5-6,9-10,13-14,17H,7-8,11-12H2,1-4H3. The van der Waals surface area contributed by atoms with Gasteiger partial charge in [-0.05, 0) is 44.4 Å². The van der Waals surface area contributed by atoms with Crippen molar-refractivity contribution in [2.75, 3.05) is 20.8 Å². The third-order valence-corrected chi connectivity index (χ3v) is 3.19. The van der Waals surface area contributed by atoms with E-state index in [0.29, 0.717) is 6.04 Å². The second kappa shape index (κ2) is 8.81. The SMILES string of the molecule is CNC(CCCOc1ccccc1OC)CC(C)C. The molecule has 0 aliphatic heterocycles. The van der Waals surface area contributed by atoms with Crippen LogP contribution in [0.5, 0.6) is 11.5 Å². The molecule has 1 atom stereocenters. The van der Waals surface area contributed by atoms with Crippen LogP contribution in [0.1, 0.15) is 33.1 Å². The van der Waals surface area contributed by atoms with E-state index in [0.717, 1.165) is 36.9 Å². The van der Waals surface area contributed by atoms with Gasteiger partial charge in [-0.25, -0.2) is 0 Å². The number of nitrogens with one attached hydrogen (secondary N) is 1. The molecule has 1 unspecified atom stereocenters. The smallest absolute Gasteiger partial charge is 0.161 e. The van der Waals surface area contributed by atoms with Crippen molar-refractivity contribution >= 4 is 0 Å². The second-order valence-corrected chi connectivity index (χ2v) is 5.26. The Balaban J connectivity index is 2.30. The van der Waals surface area contributed by atoms with Crippen molar-refractivity contribution in [3.8, 4) is 11.5 Å². The van der Waals surface area contributed by atoms with E-state index in [9.17, 15) is 0 Å². The lowest BCUT2D eigenvalue weighted by molar-refractivity contribution is 0.275. The van der Waals surface area contributed by atoms with Crippen LogP contribution >= 0.6 is 0 Å². The summed E-state index contributed by atoms with van der Waals surface area (Å²) < 4.78 is 11.0. The molecule has 0 aromatic heterocycles. The molecule has 0 saturated carbocycles. The summed E-state index contributed by atoms with van der Waals surface area (Å²) in [6.07, 6.45) is 3.41. The Morgan fingerprint density at radius 3 is 2.42 bits per heavy atom. The lowest BCUT2D eigenvalue weighted by Crippen LogP contribution is -2.27. The fourth-order valence-corrected chi connectivity index (χ4v) is 2.20. The fraction of sp³-hybridized carbons (Fsp3) is 0.625. The summed E-state index contributed by atoms with van der Waals surface area (Å²) in [6, 6.07) is 8.37. The van der Waals surface area contributed by atoms with Gasteiger partial charge in [-0.1, -0.05) is 26.0 Å². The van der Waals surface area contributed by atoms with Gasteiger partial charge in [0.25, 0.3) is 0 Å². The van der Waals surface area contributed by atoms with Crippen molar-refractivity contribution in [1.29, 1.82) is 0 Å². The van der Waals surface area contributed by atoms with E-state index >= 15 is 0 Å². The lowest BCUT2D eigenvalue weighted by Gasteiger charge is -2.18. The summed E-state index contributed by atoms with van der Waals surface area (Å²) >= 11 is 0. The highest BCUT2D eigenvalue weighted by atomic mass is 16.5. The van der Waals surface area contributed by atoms with Gasteiger partial charge in [0.1, 0.15) is 0 Å². The minimum Gasteiger partial charge on any atom is -0.493 e. The largest absolute Gasteiger partial charge is 0.493 e. The summed E-state index contributed by atoms with van der Waals surface area (Å²) in [4.78, 5) is 0. The molecule has 1 aromatic rings. The van der Waals surface area contributed by atoms with Gasteiger partial charge in [-0.3, -0.25) is 0 Å². The van der Waals surface area contributed by atoms with Crippen LogP contribution in [-0.4, -0.2) is 26.8 Å². The van der Waals surface area contributed by atoms with Crippen LogP contribution in [0.4, 0.5) is 0 Å². The topological polar surface area (TPSA) is 30.5 Å². The molecule has 0 aliphatic rings. The molecular formula is C16H27NO2. The van der Waals surface area contributed by atoms with E-state index in [1.807, 2.05) is 31.3 Å². The van der Waals surface area contributed by atoms with E-state index in [4.69, 9.17) is 9.47 Å². The van der Waals surface area contributed by atoms with Crippen LogP contribution < -0.4 is 14.8 Å². The van der Waals surface area contributed by atoms with Gasteiger partial charge in [0.05, 0.1) is 13.7 Å². The predicted octanol–water partition coefficient (Wildman–Crippen LogP) is 3.49. The fourth-order valence-electron chi connectivity index (χ4n) is 2.20. The number of hydrogen-bond donors (Lipinski definition) is 1. The molecule has 0 aliphatic carbocycles. The Kier molecular flexibility index (Phi) is 7.34. The third kappa shape index (κ3) is 5.97. The zero-order valence-electron chi connectivity index (χ0n) is 12.6. The van der Waals surface area contributed by atoms with Crippen molar-refractivity contribution < 1.29 is 9.47 Å². The molecule has 1 N–H and O–H groups in total. The van der Waals surface area contributed by atoms with Gasteiger partial charge in [0.2, 0.25) is 0 Å². The highest BCUT2D eigenvalue weighted by Gasteiger charge is 2.08. The van der Waals surface area contributed by atoms with Crippen LogP contribution in [-0.2, 0) is 0 Å². The van der Waals surface area contributed by atoms with Crippen molar-refractivity contribution in [2.45, 2.75) is 39.2 Å². The molecule has 0 radical (unpaired) electrons. The molecule has 3 nitrogen and oxygen atoms in total. The van der Waals surface area contributed by atoms with Gasteiger partial charge < -0.3 is 14.8 Å². The first-order chi connectivity index (χ1) is 9.17. The first-order valence-electron chi connectivity index (χ1n) is 7.10. The zero-order chi connectivity index (χ0) is 14.1. The van der Waals surface area contributed by atoms with Crippen LogP contribution in [0.2, 0.25) is 0 Å². The molecule has 0 amide bonds. The maximum atomic E-state index is 5.78. The van der Waals surface area contributed by atoms with E-state index in [1.54, 1.807) is 7.11 Å². The van der Waals surface area contributed by atoms with Crippen LogP contribution in [0.3, 0.4) is 0 Å². The van der Waals surface area contributed by atoms with Crippen molar-refractivity contribution in [3.63, 3.8) is 0 Å². The molecule has 1 aromatic carbocycles. The Morgan fingerprint density at radius 1 is 1.16 bits per heavy atom. The monoisotopic (exact) mass is 265 g/mol. The van der Waals surface area contributed by atoms with Gasteiger partial charge in [0.15, 0.2) is 11.5 Å². The molecule has 0 heterocycles. The predicted molar refractivity (Wildman–Crippen MR) is 80.0 cm³/mol. The van der Waals surface area contributed by atoms with Gasteiger partial charge in [-0.15, -0.1) is 0 Å². The minimum absolute atomic E-state index is 0.585. The Hall–Kier alpha value is -1.22. The average molecular weight is 265 g/mol. The lowest BCUT2D eigenvalue weighted by atomic mass is 10.0. The summed E-state index contributed by atoms with van der Waals surface area (Å²) in [5.41, 5.74) is 0. The van der Waals surface area contributed by atoms with E-state index in [1.165, 1.54) is 6.42 Å². The summed E-state index contributed by atoms with van der Waals surface area (Å²) in [6.45, 7) is 5.25. The highest BCUT2D eigenvalue weighted by molar-refractivity contribution is 5.39. The molecule has 3 heteroatoms. The van der Waals surface area contributed by atoms with E-state index in [2.05, 4.69) is 19.2 Å². The van der Waals surface area contributed by atoms with Crippen LogP contribution in [0.25, 0.3) is 0 Å². The molecule has 108 valence electrons. The zero-order valence-corrected chi connectivity index (χ0v) is 12.6. The Morgan fingerprint density at radius 2 is 1.84 bits per heavy atom. The number of benzene rings is 1. The van der Waals surface area contributed by atoms with Gasteiger partial charge >= 0.3 is 0 Å². The number of methoxy groups -OCH3 is 1. The molecule has 0 bridgehead atoms. The van der Waals surface area contributed by atoms with Gasteiger partial charge in [-0.2, -0.15) is 0 Å². The van der Waals surface area contributed by atoms with Crippen LogP contribution in [0, 0.1) is 5.92 Å². The molecule has 0 fully saturated rings. The highest BCUT2D eigenvalue weighted by Crippen LogP contribution is 2.25. The maximum absolute atomic E-state index is 5.78.